The lowest BCUT2D eigenvalue weighted by Crippen LogP contribution is -2.27. The second kappa shape index (κ2) is 6.58. The first kappa shape index (κ1) is 15.7. The Kier molecular flexibility index (Phi) is 4.13. The summed E-state index contributed by atoms with van der Waals surface area (Å²) in [5.41, 5.74) is 1.77. The van der Waals surface area contributed by atoms with E-state index < -0.39 is 0 Å². The molecule has 1 saturated heterocycles. The normalized spacial score (nSPS) is 16.5. The van der Waals surface area contributed by atoms with E-state index in [1.54, 1.807) is 11.1 Å². The van der Waals surface area contributed by atoms with Crippen molar-refractivity contribution in [2.75, 3.05) is 23.3 Å². The van der Waals surface area contributed by atoms with Gasteiger partial charge >= 0.3 is 6.03 Å². The third kappa shape index (κ3) is 3.22. The molecule has 0 aliphatic carbocycles. The predicted molar refractivity (Wildman–Crippen MR) is 94.7 cm³/mol. The van der Waals surface area contributed by atoms with E-state index >= 15 is 0 Å². The Morgan fingerprint density at radius 1 is 1.20 bits per heavy atom. The smallest absolute Gasteiger partial charge is 0.321 e. The Balaban J connectivity index is 1.39. The number of amides is 3. The molecule has 25 heavy (non-hydrogen) atoms. The van der Waals surface area contributed by atoms with Crippen LogP contribution >= 0.6 is 0 Å². The fourth-order valence-electron chi connectivity index (χ4n) is 3.40. The Hall–Kier alpha value is -2.83. The highest BCUT2D eigenvalue weighted by Crippen LogP contribution is 2.20. The minimum Gasteiger partial charge on any atom is -0.336 e. The third-order valence-electron chi connectivity index (χ3n) is 4.71. The van der Waals surface area contributed by atoms with Gasteiger partial charge in [0.2, 0.25) is 5.91 Å². The summed E-state index contributed by atoms with van der Waals surface area (Å²) in [6.07, 6.45) is 5.30. The first-order chi connectivity index (χ1) is 12.2. The van der Waals surface area contributed by atoms with Crippen LogP contribution in [0.2, 0.25) is 0 Å². The van der Waals surface area contributed by atoms with Crippen LogP contribution in [-0.2, 0) is 24.2 Å². The molecule has 7 nitrogen and oxygen atoms in total. The summed E-state index contributed by atoms with van der Waals surface area (Å²) in [6.45, 7) is 2.25. The van der Waals surface area contributed by atoms with Crippen molar-refractivity contribution in [1.29, 1.82) is 0 Å². The van der Waals surface area contributed by atoms with E-state index in [0.717, 1.165) is 48.7 Å². The molecule has 3 amide bonds. The Labute approximate surface area is 146 Å². The number of nitrogens with one attached hydrogen (secondary N) is 2. The average molecular weight is 339 g/mol. The molecule has 2 N–H and O–H groups in total. The SMILES string of the molecule is O=C(Cc1ccc(N2CCNC2=O)cc1)Nc1cnc2n1CCCC2. The summed E-state index contributed by atoms with van der Waals surface area (Å²) in [5, 5.41) is 5.74. The molecule has 0 saturated carbocycles. The van der Waals surface area contributed by atoms with Crippen LogP contribution in [0.15, 0.2) is 30.5 Å². The van der Waals surface area contributed by atoms with Crippen molar-refractivity contribution >= 4 is 23.4 Å². The number of aromatic nitrogens is 2. The minimum atomic E-state index is -0.0731. The van der Waals surface area contributed by atoms with E-state index in [-0.39, 0.29) is 11.9 Å². The first-order valence-corrected chi connectivity index (χ1v) is 8.69. The van der Waals surface area contributed by atoms with Crippen LogP contribution < -0.4 is 15.5 Å². The van der Waals surface area contributed by atoms with Crippen molar-refractivity contribution in [3.63, 3.8) is 0 Å². The van der Waals surface area contributed by atoms with Crippen LogP contribution in [0.4, 0.5) is 16.3 Å². The van der Waals surface area contributed by atoms with Gasteiger partial charge in [0.15, 0.2) is 0 Å². The standard InChI is InChI=1S/C18H21N5O2/c24-17(21-16-12-20-15-3-1-2-9-23(15)16)11-13-4-6-14(7-5-13)22-10-8-19-18(22)25/h4-7,12H,1-3,8-11H2,(H,19,25)(H,21,24). The number of carbonyl (C=O) groups is 2. The molecular weight excluding hydrogens is 318 g/mol. The molecule has 1 aromatic heterocycles. The van der Waals surface area contributed by atoms with Gasteiger partial charge < -0.3 is 15.2 Å². The second-order valence-electron chi connectivity index (χ2n) is 6.44. The number of anilines is 2. The Morgan fingerprint density at radius 2 is 2.04 bits per heavy atom. The highest BCUT2D eigenvalue weighted by Gasteiger charge is 2.21. The summed E-state index contributed by atoms with van der Waals surface area (Å²) in [5.74, 6) is 1.78. The maximum atomic E-state index is 12.3. The zero-order chi connectivity index (χ0) is 17.2. The van der Waals surface area contributed by atoms with Crippen molar-refractivity contribution in [3.05, 3.63) is 41.9 Å². The number of hydrogen-bond acceptors (Lipinski definition) is 3. The van der Waals surface area contributed by atoms with Gasteiger partial charge in [0, 0.05) is 31.7 Å². The topological polar surface area (TPSA) is 79.3 Å². The Bertz CT molecular complexity index is 796. The zero-order valence-corrected chi connectivity index (χ0v) is 14.0. The third-order valence-corrected chi connectivity index (χ3v) is 4.71. The molecule has 130 valence electrons. The van der Waals surface area contributed by atoms with Gasteiger partial charge in [-0.1, -0.05) is 12.1 Å². The predicted octanol–water partition coefficient (Wildman–Crippen LogP) is 1.93. The number of imidazole rings is 1. The number of benzene rings is 1. The number of fused-ring (bicyclic) bond motifs is 1. The fraction of sp³-hybridized carbons (Fsp3) is 0.389. The first-order valence-electron chi connectivity index (χ1n) is 8.69. The monoisotopic (exact) mass is 339 g/mol. The van der Waals surface area contributed by atoms with Gasteiger partial charge in [0.1, 0.15) is 11.6 Å². The molecule has 4 rings (SSSR count). The highest BCUT2D eigenvalue weighted by atomic mass is 16.2. The number of rotatable bonds is 4. The van der Waals surface area contributed by atoms with E-state index in [1.165, 1.54) is 0 Å². The lowest BCUT2D eigenvalue weighted by molar-refractivity contribution is -0.115. The molecule has 0 bridgehead atoms. The van der Waals surface area contributed by atoms with E-state index in [4.69, 9.17) is 0 Å². The number of carbonyl (C=O) groups excluding carboxylic acids is 2. The highest BCUT2D eigenvalue weighted by molar-refractivity contribution is 5.94. The molecule has 3 heterocycles. The van der Waals surface area contributed by atoms with Crippen LogP contribution in [0.3, 0.4) is 0 Å². The van der Waals surface area contributed by atoms with Crippen LogP contribution in [0.5, 0.6) is 0 Å². The molecule has 0 spiro atoms. The fourth-order valence-corrected chi connectivity index (χ4v) is 3.40. The summed E-state index contributed by atoms with van der Waals surface area (Å²) in [4.78, 5) is 30.1. The maximum absolute atomic E-state index is 12.3. The Morgan fingerprint density at radius 3 is 2.80 bits per heavy atom. The van der Waals surface area contributed by atoms with Gasteiger partial charge in [0.25, 0.3) is 0 Å². The number of nitrogens with zero attached hydrogens (tertiary/aromatic N) is 3. The van der Waals surface area contributed by atoms with Gasteiger partial charge in [-0.15, -0.1) is 0 Å². The van der Waals surface area contributed by atoms with Gasteiger partial charge in [-0.2, -0.15) is 0 Å². The van der Waals surface area contributed by atoms with Crippen LogP contribution in [0, 0.1) is 0 Å². The van der Waals surface area contributed by atoms with Crippen molar-refractivity contribution < 1.29 is 9.59 Å². The molecule has 0 atom stereocenters. The molecule has 0 unspecified atom stereocenters. The lowest BCUT2D eigenvalue weighted by Gasteiger charge is -2.16. The van der Waals surface area contributed by atoms with E-state index in [9.17, 15) is 9.59 Å². The summed E-state index contributed by atoms with van der Waals surface area (Å²) >= 11 is 0. The number of urea groups is 1. The summed E-state index contributed by atoms with van der Waals surface area (Å²) < 4.78 is 2.09. The molecule has 2 aliphatic heterocycles. The van der Waals surface area contributed by atoms with Gasteiger partial charge in [0.05, 0.1) is 12.6 Å². The molecule has 2 aliphatic rings. The molecule has 7 heteroatoms. The van der Waals surface area contributed by atoms with Gasteiger partial charge in [-0.25, -0.2) is 9.78 Å². The van der Waals surface area contributed by atoms with Crippen molar-refractivity contribution in [3.8, 4) is 0 Å². The van der Waals surface area contributed by atoms with E-state index in [0.29, 0.717) is 19.5 Å². The van der Waals surface area contributed by atoms with Crippen molar-refractivity contribution in [2.24, 2.45) is 0 Å². The number of aryl methyl sites for hydroxylation is 1. The number of hydrogen-bond donors (Lipinski definition) is 2. The van der Waals surface area contributed by atoms with Crippen molar-refractivity contribution in [2.45, 2.75) is 32.2 Å². The van der Waals surface area contributed by atoms with Crippen LogP contribution in [0.1, 0.15) is 24.2 Å². The maximum Gasteiger partial charge on any atom is 0.321 e. The minimum absolute atomic E-state index is 0.0556. The zero-order valence-electron chi connectivity index (χ0n) is 14.0. The van der Waals surface area contributed by atoms with E-state index in [2.05, 4.69) is 20.2 Å². The van der Waals surface area contributed by atoms with Crippen molar-refractivity contribution in [1.82, 2.24) is 14.9 Å². The average Bonchev–Trinajstić information content (AvgIpc) is 3.22. The summed E-state index contributed by atoms with van der Waals surface area (Å²) in [6, 6.07) is 7.48. The largest absolute Gasteiger partial charge is 0.336 e. The van der Waals surface area contributed by atoms with Crippen LogP contribution in [0.25, 0.3) is 0 Å². The van der Waals surface area contributed by atoms with Gasteiger partial charge in [-0.05, 0) is 30.5 Å². The molecule has 1 fully saturated rings. The molecule has 2 aromatic rings. The molecular formula is C18H21N5O2. The van der Waals surface area contributed by atoms with E-state index in [1.807, 2.05) is 24.3 Å². The quantitative estimate of drug-likeness (QED) is 0.893. The second-order valence-corrected chi connectivity index (χ2v) is 6.44. The summed E-state index contributed by atoms with van der Waals surface area (Å²) in [7, 11) is 0. The molecule has 1 aromatic carbocycles. The molecule has 0 radical (unpaired) electrons. The van der Waals surface area contributed by atoms with Crippen LogP contribution in [-0.4, -0.2) is 34.6 Å². The van der Waals surface area contributed by atoms with Gasteiger partial charge in [-0.3, -0.25) is 9.69 Å². The lowest BCUT2D eigenvalue weighted by atomic mass is 10.1.